The summed E-state index contributed by atoms with van der Waals surface area (Å²) in [7, 11) is 3.88. The third kappa shape index (κ3) is 4.89. The van der Waals surface area contributed by atoms with Crippen molar-refractivity contribution in [2.45, 2.75) is 25.8 Å². The first kappa shape index (κ1) is 17.2. The highest BCUT2D eigenvalue weighted by Gasteiger charge is 2.23. The highest BCUT2D eigenvalue weighted by atomic mass is 16.2. The topological polar surface area (TPSA) is 45.2 Å². The molecule has 1 N–H and O–H groups in total. The van der Waals surface area contributed by atoms with E-state index in [1.54, 1.807) is 12.4 Å². The van der Waals surface area contributed by atoms with E-state index in [1.165, 1.54) is 5.56 Å². The number of carbonyl (C=O) groups excluding carboxylic acids is 1. The fourth-order valence-electron chi connectivity index (χ4n) is 2.70. The van der Waals surface area contributed by atoms with Crippen LogP contribution in [0.2, 0.25) is 0 Å². The lowest BCUT2D eigenvalue weighted by Crippen LogP contribution is -2.37. The molecule has 1 unspecified atom stereocenters. The molecule has 2 aromatic rings. The largest absolute Gasteiger partial charge is 0.354 e. The first-order valence-corrected chi connectivity index (χ1v) is 7.98. The molecule has 0 aliphatic rings. The summed E-state index contributed by atoms with van der Waals surface area (Å²) >= 11 is 0. The molecule has 23 heavy (non-hydrogen) atoms. The summed E-state index contributed by atoms with van der Waals surface area (Å²) in [6.07, 6.45) is 5.46. The molecule has 0 bridgehead atoms. The van der Waals surface area contributed by atoms with Crippen LogP contribution in [-0.4, -0.2) is 36.4 Å². The molecule has 4 heteroatoms. The monoisotopic (exact) mass is 311 g/mol. The van der Waals surface area contributed by atoms with Gasteiger partial charge < -0.3 is 5.32 Å². The quantitative estimate of drug-likeness (QED) is 0.800. The van der Waals surface area contributed by atoms with Crippen molar-refractivity contribution in [3.8, 4) is 0 Å². The van der Waals surface area contributed by atoms with Gasteiger partial charge in [-0.25, -0.2) is 0 Å². The van der Waals surface area contributed by atoms with Crippen molar-refractivity contribution in [3.63, 3.8) is 0 Å². The molecule has 1 amide bonds. The Balaban J connectivity index is 1.91. The Hall–Kier alpha value is -2.20. The molecule has 0 saturated heterocycles. The number of carbonyl (C=O) groups is 1. The molecule has 0 aliphatic heterocycles. The van der Waals surface area contributed by atoms with Crippen LogP contribution in [0.1, 0.15) is 29.2 Å². The fraction of sp³-hybridized carbons (Fsp3) is 0.368. The average molecular weight is 311 g/mol. The molecular formula is C19H25N3O. The van der Waals surface area contributed by atoms with E-state index in [1.807, 2.05) is 62.3 Å². The zero-order valence-corrected chi connectivity index (χ0v) is 14.1. The van der Waals surface area contributed by atoms with Crippen molar-refractivity contribution in [1.29, 1.82) is 0 Å². The maximum Gasteiger partial charge on any atom is 0.241 e. The maximum absolute atomic E-state index is 12.6. The second-order valence-corrected chi connectivity index (χ2v) is 5.97. The molecule has 1 aromatic heterocycles. The molecular weight excluding hydrogens is 286 g/mol. The summed E-state index contributed by atoms with van der Waals surface area (Å²) in [4.78, 5) is 18.6. The Labute approximate surface area is 138 Å². The van der Waals surface area contributed by atoms with Crippen LogP contribution in [0, 0.1) is 6.92 Å². The Morgan fingerprint density at radius 2 is 1.87 bits per heavy atom. The van der Waals surface area contributed by atoms with Gasteiger partial charge in [-0.05, 0) is 62.7 Å². The Morgan fingerprint density at radius 3 is 2.52 bits per heavy atom. The van der Waals surface area contributed by atoms with Crippen molar-refractivity contribution in [3.05, 3.63) is 65.5 Å². The summed E-state index contributed by atoms with van der Waals surface area (Å²) in [6, 6.07) is 11.8. The van der Waals surface area contributed by atoms with E-state index >= 15 is 0 Å². The average Bonchev–Trinajstić information content (AvgIpc) is 2.54. The van der Waals surface area contributed by atoms with Crippen molar-refractivity contribution >= 4 is 5.91 Å². The number of nitrogens with zero attached hydrogens (tertiary/aromatic N) is 2. The smallest absolute Gasteiger partial charge is 0.241 e. The normalized spacial score (nSPS) is 12.2. The summed E-state index contributed by atoms with van der Waals surface area (Å²) in [6.45, 7) is 2.72. The van der Waals surface area contributed by atoms with Gasteiger partial charge in [0.15, 0.2) is 0 Å². The molecule has 1 aromatic carbocycles. The number of nitrogens with one attached hydrogen (secondary N) is 1. The molecule has 1 atom stereocenters. The third-order valence-electron chi connectivity index (χ3n) is 3.94. The summed E-state index contributed by atoms with van der Waals surface area (Å²) in [5.41, 5.74) is 3.44. The van der Waals surface area contributed by atoms with E-state index < -0.39 is 0 Å². The van der Waals surface area contributed by atoms with Crippen LogP contribution < -0.4 is 5.32 Å². The Kier molecular flexibility index (Phi) is 6.29. The van der Waals surface area contributed by atoms with Gasteiger partial charge in [-0.15, -0.1) is 0 Å². The number of aryl methyl sites for hydroxylation is 2. The van der Waals surface area contributed by atoms with Gasteiger partial charge in [0, 0.05) is 18.9 Å². The third-order valence-corrected chi connectivity index (χ3v) is 3.94. The first-order valence-electron chi connectivity index (χ1n) is 7.98. The number of rotatable bonds is 7. The highest BCUT2D eigenvalue weighted by molar-refractivity contribution is 5.83. The molecule has 0 fully saturated rings. The van der Waals surface area contributed by atoms with Crippen LogP contribution in [0.15, 0.2) is 48.8 Å². The van der Waals surface area contributed by atoms with E-state index in [2.05, 4.69) is 10.3 Å². The minimum atomic E-state index is -0.253. The molecule has 0 saturated carbocycles. The van der Waals surface area contributed by atoms with Crippen LogP contribution in [0.3, 0.4) is 0 Å². The first-order chi connectivity index (χ1) is 11.1. The molecule has 122 valence electrons. The second-order valence-electron chi connectivity index (χ2n) is 5.97. The number of hydrogen-bond acceptors (Lipinski definition) is 3. The van der Waals surface area contributed by atoms with Crippen molar-refractivity contribution < 1.29 is 4.79 Å². The van der Waals surface area contributed by atoms with Crippen LogP contribution in [0.4, 0.5) is 0 Å². The predicted molar refractivity (Wildman–Crippen MR) is 93.2 cm³/mol. The number of amides is 1. The predicted octanol–water partition coefficient (Wildman–Crippen LogP) is 2.74. The van der Waals surface area contributed by atoms with Gasteiger partial charge in [-0.3, -0.25) is 14.7 Å². The van der Waals surface area contributed by atoms with Crippen LogP contribution in [0.25, 0.3) is 0 Å². The minimum absolute atomic E-state index is 0.0547. The van der Waals surface area contributed by atoms with E-state index in [0.717, 1.165) is 24.0 Å². The summed E-state index contributed by atoms with van der Waals surface area (Å²) in [5.74, 6) is 0.0547. The number of benzene rings is 1. The standard InChI is InChI=1S/C19H25N3O/c1-15-7-4-5-9-17(15)18(22(2)3)19(23)21-12-6-8-16-10-13-20-14-11-16/h4-5,7,9-11,13-14,18H,6,8,12H2,1-3H3,(H,21,23). The fourth-order valence-corrected chi connectivity index (χ4v) is 2.70. The SMILES string of the molecule is Cc1ccccc1C(C(=O)NCCCc1ccncc1)N(C)C. The van der Waals surface area contributed by atoms with Crippen molar-refractivity contribution in [2.24, 2.45) is 0 Å². The van der Waals surface area contributed by atoms with E-state index in [4.69, 9.17) is 0 Å². The summed E-state index contributed by atoms with van der Waals surface area (Å²) < 4.78 is 0. The van der Waals surface area contributed by atoms with Gasteiger partial charge in [0.1, 0.15) is 6.04 Å². The number of likely N-dealkylation sites (N-methyl/N-ethyl adjacent to an activating group) is 1. The molecule has 2 rings (SSSR count). The highest BCUT2D eigenvalue weighted by Crippen LogP contribution is 2.21. The van der Waals surface area contributed by atoms with Gasteiger partial charge in [0.2, 0.25) is 5.91 Å². The summed E-state index contributed by atoms with van der Waals surface area (Å²) in [5, 5.41) is 3.06. The number of hydrogen-bond donors (Lipinski definition) is 1. The van der Waals surface area contributed by atoms with Gasteiger partial charge in [-0.2, -0.15) is 0 Å². The molecule has 0 aliphatic carbocycles. The van der Waals surface area contributed by atoms with Crippen LogP contribution in [0.5, 0.6) is 0 Å². The lowest BCUT2D eigenvalue weighted by Gasteiger charge is -2.25. The Bertz CT molecular complexity index is 626. The molecule has 0 spiro atoms. The van der Waals surface area contributed by atoms with Crippen molar-refractivity contribution in [1.82, 2.24) is 15.2 Å². The maximum atomic E-state index is 12.6. The van der Waals surface area contributed by atoms with Crippen LogP contribution >= 0.6 is 0 Å². The lowest BCUT2D eigenvalue weighted by atomic mass is 10.00. The second kappa shape index (κ2) is 8.44. The zero-order valence-electron chi connectivity index (χ0n) is 14.1. The minimum Gasteiger partial charge on any atom is -0.354 e. The van der Waals surface area contributed by atoms with E-state index in [-0.39, 0.29) is 11.9 Å². The Morgan fingerprint density at radius 1 is 1.17 bits per heavy atom. The number of aromatic nitrogens is 1. The van der Waals surface area contributed by atoms with Gasteiger partial charge in [0.25, 0.3) is 0 Å². The van der Waals surface area contributed by atoms with E-state index in [9.17, 15) is 4.79 Å². The van der Waals surface area contributed by atoms with Crippen LogP contribution in [-0.2, 0) is 11.2 Å². The van der Waals surface area contributed by atoms with Gasteiger partial charge in [0.05, 0.1) is 0 Å². The van der Waals surface area contributed by atoms with E-state index in [0.29, 0.717) is 6.54 Å². The van der Waals surface area contributed by atoms with Crippen molar-refractivity contribution in [2.75, 3.05) is 20.6 Å². The molecule has 1 heterocycles. The van der Waals surface area contributed by atoms with Gasteiger partial charge in [-0.1, -0.05) is 24.3 Å². The van der Waals surface area contributed by atoms with Gasteiger partial charge >= 0.3 is 0 Å². The lowest BCUT2D eigenvalue weighted by molar-refractivity contribution is -0.125. The number of pyridine rings is 1. The molecule has 0 radical (unpaired) electrons. The molecule has 4 nitrogen and oxygen atoms in total. The zero-order chi connectivity index (χ0) is 16.7.